The number of carbonyl (C=O) groups excluding carboxylic acids is 1. The Morgan fingerprint density at radius 2 is 1.71 bits per heavy atom. The molecular formula is C22H18ClN5O3. The minimum atomic E-state index is -0.408. The first-order valence-electron chi connectivity index (χ1n) is 9.37. The summed E-state index contributed by atoms with van der Waals surface area (Å²) >= 11 is 6.14. The van der Waals surface area contributed by atoms with Gasteiger partial charge in [-0.2, -0.15) is 9.36 Å². The number of aromatic nitrogens is 4. The van der Waals surface area contributed by atoms with Crippen molar-refractivity contribution in [1.29, 1.82) is 0 Å². The maximum atomic E-state index is 12.6. The van der Waals surface area contributed by atoms with Crippen molar-refractivity contribution in [2.75, 3.05) is 12.4 Å². The van der Waals surface area contributed by atoms with E-state index in [1.807, 2.05) is 0 Å². The minimum Gasteiger partial charge on any atom is -0.497 e. The number of hydrogen-bond donors (Lipinski definition) is 1. The molecule has 4 rings (SSSR count). The predicted molar refractivity (Wildman–Crippen MR) is 117 cm³/mol. The summed E-state index contributed by atoms with van der Waals surface area (Å²) < 4.78 is 7.49. The molecule has 0 radical (unpaired) electrons. The predicted octanol–water partition coefficient (Wildman–Crippen LogP) is 3.39. The highest BCUT2D eigenvalue weighted by atomic mass is 35.5. The number of anilines is 1. The van der Waals surface area contributed by atoms with Crippen LogP contribution in [0.3, 0.4) is 0 Å². The monoisotopic (exact) mass is 435 g/mol. The molecule has 3 aromatic carbocycles. The molecule has 4 aromatic rings. The highest BCUT2D eigenvalue weighted by molar-refractivity contribution is 6.32. The number of amides is 1. The van der Waals surface area contributed by atoms with Crippen molar-refractivity contribution in [2.24, 2.45) is 0 Å². The van der Waals surface area contributed by atoms with E-state index in [2.05, 4.69) is 15.7 Å². The zero-order chi connectivity index (χ0) is 21.8. The lowest BCUT2D eigenvalue weighted by Gasteiger charge is -2.07. The van der Waals surface area contributed by atoms with E-state index in [1.165, 1.54) is 4.68 Å². The zero-order valence-electron chi connectivity index (χ0n) is 16.5. The number of para-hydroxylation sites is 1. The average molecular weight is 436 g/mol. The SMILES string of the molecule is COc1ccc(NC(=O)c2ccc(Cn3nnn(-c4ccccc4Cl)c3=O)cc2)cc1. The first-order valence-corrected chi connectivity index (χ1v) is 9.75. The molecule has 0 atom stereocenters. The quantitative estimate of drug-likeness (QED) is 0.501. The van der Waals surface area contributed by atoms with E-state index in [1.54, 1.807) is 79.9 Å². The van der Waals surface area contributed by atoms with E-state index >= 15 is 0 Å². The Kier molecular flexibility index (Phi) is 5.81. The number of tetrazole rings is 1. The molecule has 1 amide bonds. The van der Waals surface area contributed by atoms with Crippen LogP contribution >= 0.6 is 11.6 Å². The number of benzene rings is 3. The van der Waals surface area contributed by atoms with Gasteiger partial charge in [-0.3, -0.25) is 4.79 Å². The summed E-state index contributed by atoms with van der Waals surface area (Å²) in [6, 6.07) is 20.9. The lowest BCUT2D eigenvalue weighted by molar-refractivity contribution is 0.102. The van der Waals surface area contributed by atoms with Crippen molar-refractivity contribution in [3.63, 3.8) is 0 Å². The van der Waals surface area contributed by atoms with Crippen LogP contribution in [0.4, 0.5) is 5.69 Å². The van der Waals surface area contributed by atoms with E-state index in [4.69, 9.17) is 16.3 Å². The van der Waals surface area contributed by atoms with Gasteiger partial charge in [0.05, 0.1) is 24.4 Å². The lowest BCUT2D eigenvalue weighted by Crippen LogP contribution is -2.25. The Bertz CT molecular complexity index is 1260. The molecule has 1 N–H and O–H groups in total. The van der Waals surface area contributed by atoms with Gasteiger partial charge >= 0.3 is 5.69 Å². The van der Waals surface area contributed by atoms with Crippen LogP contribution < -0.4 is 15.7 Å². The Hall–Kier alpha value is -3.91. The molecule has 31 heavy (non-hydrogen) atoms. The minimum absolute atomic E-state index is 0.212. The van der Waals surface area contributed by atoms with E-state index in [0.29, 0.717) is 27.7 Å². The van der Waals surface area contributed by atoms with Gasteiger partial charge in [-0.1, -0.05) is 35.9 Å². The van der Waals surface area contributed by atoms with Crippen LogP contribution in [-0.2, 0) is 6.54 Å². The Morgan fingerprint density at radius 3 is 2.39 bits per heavy atom. The van der Waals surface area contributed by atoms with Crippen LogP contribution in [0.2, 0.25) is 5.02 Å². The second-order valence-electron chi connectivity index (χ2n) is 6.66. The van der Waals surface area contributed by atoms with Crippen LogP contribution in [0.5, 0.6) is 5.75 Å². The molecule has 1 heterocycles. The number of ether oxygens (including phenoxy) is 1. The summed E-state index contributed by atoms with van der Waals surface area (Å²) in [5, 5.41) is 11.1. The van der Waals surface area contributed by atoms with E-state index in [0.717, 1.165) is 10.2 Å². The second-order valence-corrected chi connectivity index (χ2v) is 7.07. The fraction of sp³-hybridized carbons (Fsp3) is 0.0909. The van der Waals surface area contributed by atoms with Crippen molar-refractivity contribution < 1.29 is 9.53 Å². The van der Waals surface area contributed by atoms with Crippen molar-refractivity contribution in [3.05, 3.63) is 99.4 Å². The summed E-state index contributed by atoms with van der Waals surface area (Å²) in [6.45, 7) is 0.212. The van der Waals surface area contributed by atoms with Gasteiger partial charge in [-0.05, 0) is 64.5 Å². The summed E-state index contributed by atoms with van der Waals surface area (Å²) in [7, 11) is 1.58. The molecule has 1 aromatic heterocycles. The first-order chi connectivity index (χ1) is 15.0. The highest BCUT2D eigenvalue weighted by Gasteiger charge is 2.12. The molecule has 8 nitrogen and oxygen atoms in total. The molecule has 0 saturated heterocycles. The molecule has 0 unspecified atom stereocenters. The number of halogens is 1. The van der Waals surface area contributed by atoms with Crippen LogP contribution in [0.25, 0.3) is 5.69 Å². The van der Waals surface area contributed by atoms with Gasteiger partial charge in [-0.25, -0.2) is 4.79 Å². The van der Waals surface area contributed by atoms with Gasteiger partial charge in [0.25, 0.3) is 5.91 Å². The molecule has 0 fully saturated rings. The third kappa shape index (κ3) is 4.49. The molecule has 0 aliphatic carbocycles. The molecule has 0 aliphatic rings. The Labute approximate surface area is 182 Å². The normalized spacial score (nSPS) is 10.6. The number of methoxy groups -OCH3 is 1. The third-order valence-electron chi connectivity index (χ3n) is 4.62. The van der Waals surface area contributed by atoms with Crippen molar-refractivity contribution >= 4 is 23.2 Å². The van der Waals surface area contributed by atoms with E-state index in [9.17, 15) is 9.59 Å². The summed E-state index contributed by atoms with van der Waals surface area (Å²) in [6.07, 6.45) is 0. The molecule has 9 heteroatoms. The van der Waals surface area contributed by atoms with E-state index in [-0.39, 0.29) is 12.5 Å². The molecular weight excluding hydrogens is 418 g/mol. The second kappa shape index (κ2) is 8.85. The summed E-state index contributed by atoms with van der Waals surface area (Å²) in [4.78, 5) is 25.1. The molecule has 0 saturated carbocycles. The van der Waals surface area contributed by atoms with Crippen LogP contribution in [0, 0.1) is 0 Å². The van der Waals surface area contributed by atoms with Crippen LogP contribution in [-0.4, -0.2) is 32.8 Å². The van der Waals surface area contributed by atoms with Crippen molar-refractivity contribution in [2.45, 2.75) is 6.54 Å². The fourth-order valence-electron chi connectivity index (χ4n) is 2.96. The smallest absolute Gasteiger partial charge is 0.368 e. The van der Waals surface area contributed by atoms with Gasteiger partial charge < -0.3 is 10.1 Å². The number of rotatable bonds is 6. The van der Waals surface area contributed by atoms with Gasteiger partial charge in [-0.15, -0.1) is 0 Å². The largest absolute Gasteiger partial charge is 0.497 e. The lowest BCUT2D eigenvalue weighted by atomic mass is 10.1. The van der Waals surface area contributed by atoms with Crippen LogP contribution in [0.15, 0.2) is 77.6 Å². The van der Waals surface area contributed by atoms with E-state index < -0.39 is 5.69 Å². The van der Waals surface area contributed by atoms with Gasteiger partial charge in [0.2, 0.25) is 0 Å². The molecule has 156 valence electrons. The fourth-order valence-corrected chi connectivity index (χ4v) is 3.18. The number of nitrogens with one attached hydrogen (secondary N) is 1. The highest BCUT2D eigenvalue weighted by Crippen LogP contribution is 2.18. The first kappa shape index (κ1) is 20.4. The van der Waals surface area contributed by atoms with Gasteiger partial charge in [0.15, 0.2) is 0 Å². The van der Waals surface area contributed by atoms with Crippen molar-refractivity contribution in [1.82, 2.24) is 19.8 Å². The molecule has 0 bridgehead atoms. The number of carbonyl (C=O) groups is 1. The standard InChI is InChI=1S/C22H18ClN5O3/c1-31-18-12-10-17(11-13-18)24-21(29)16-8-6-15(7-9-16)14-27-22(30)28(26-25-27)20-5-3-2-4-19(20)23/h2-13H,14H2,1H3,(H,24,29). The van der Waals surface area contributed by atoms with Crippen molar-refractivity contribution in [3.8, 4) is 11.4 Å². The number of nitrogens with zero attached hydrogens (tertiary/aromatic N) is 4. The average Bonchev–Trinajstić information content (AvgIpc) is 3.15. The van der Waals surface area contributed by atoms with Gasteiger partial charge in [0, 0.05) is 11.3 Å². The Morgan fingerprint density at radius 1 is 1.00 bits per heavy atom. The zero-order valence-corrected chi connectivity index (χ0v) is 17.3. The third-order valence-corrected chi connectivity index (χ3v) is 4.94. The van der Waals surface area contributed by atoms with Crippen LogP contribution in [0.1, 0.15) is 15.9 Å². The molecule has 0 spiro atoms. The molecule has 0 aliphatic heterocycles. The Balaban J connectivity index is 1.46. The van der Waals surface area contributed by atoms with Gasteiger partial charge in [0.1, 0.15) is 5.75 Å². The topological polar surface area (TPSA) is 91.0 Å². The number of hydrogen-bond acceptors (Lipinski definition) is 5. The maximum absolute atomic E-state index is 12.6. The summed E-state index contributed by atoms with van der Waals surface area (Å²) in [5.74, 6) is 0.475. The maximum Gasteiger partial charge on any atom is 0.368 e. The summed E-state index contributed by atoms with van der Waals surface area (Å²) in [5.41, 5.74) is 2.01.